The maximum atomic E-state index is 12.9. The van der Waals surface area contributed by atoms with Gasteiger partial charge in [-0.25, -0.2) is 13.1 Å². The van der Waals surface area contributed by atoms with Gasteiger partial charge in [0.2, 0.25) is 10.0 Å². The lowest BCUT2D eigenvalue weighted by molar-refractivity contribution is -0.137. The first-order valence-electron chi connectivity index (χ1n) is 9.37. The smallest absolute Gasteiger partial charge is 0.347 e. The highest BCUT2D eigenvalue weighted by Crippen LogP contribution is 2.36. The molecule has 7 nitrogen and oxygen atoms in total. The van der Waals surface area contributed by atoms with E-state index in [0.717, 1.165) is 12.1 Å². The number of carbonyl (C=O) groups is 2. The van der Waals surface area contributed by atoms with Gasteiger partial charge in [-0.1, -0.05) is 23.7 Å². The molecule has 2 amide bonds. The molecule has 0 atom stereocenters. The molecule has 0 spiro atoms. The van der Waals surface area contributed by atoms with E-state index in [-0.39, 0.29) is 23.2 Å². The summed E-state index contributed by atoms with van der Waals surface area (Å²) in [6.45, 7) is 3.46. The van der Waals surface area contributed by atoms with Crippen molar-refractivity contribution in [1.82, 2.24) is 10.0 Å². The number of anilines is 1. The molecular weight excluding hydrogens is 471 g/mol. The van der Waals surface area contributed by atoms with Gasteiger partial charge in [-0.3, -0.25) is 9.59 Å². The normalized spacial score (nSPS) is 12.0. The van der Waals surface area contributed by atoms with Crippen LogP contribution in [0.1, 0.15) is 25.0 Å². The number of amides is 2. The number of benzene rings is 2. The molecule has 0 radical (unpaired) electrons. The van der Waals surface area contributed by atoms with E-state index in [1.807, 2.05) is 0 Å². The molecule has 2 aromatic carbocycles. The molecule has 0 saturated heterocycles. The molecule has 0 unspecified atom stereocenters. The minimum atomic E-state index is -4.71. The summed E-state index contributed by atoms with van der Waals surface area (Å²) in [5.74, 6) is -2.17. The molecule has 0 aliphatic carbocycles. The Morgan fingerprint density at radius 1 is 1.03 bits per heavy atom. The number of halogens is 4. The summed E-state index contributed by atoms with van der Waals surface area (Å²) in [7, 11) is -3.62. The van der Waals surface area contributed by atoms with Gasteiger partial charge in [-0.05, 0) is 56.2 Å². The zero-order chi connectivity index (χ0) is 24.1. The maximum absolute atomic E-state index is 12.9. The highest BCUT2D eigenvalue weighted by molar-refractivity contribution is 7.89. The van der Waals surface area contributed by atoms with Gasteiger partial charge in [0.15, 0.2) is 0 Å². The van der Waals surface area contributed by atoms with Gasteiger partial charge in [-0.2, -0.15) is 13.2 Å². The molecule has 2 aromatic rings. The molecule has 174 valence electrons. The van der Waals surface area contributed by atoms with Gasteiger partial charge in [0, 0.05) is 18.3 Å². The predicted molar refractivity (Wildman–Crippen MR) is 114 cm³/mol. The van der Waals surface area contributed by atoms with Crippen LogP contribution in [0.25, 0.3) is 0 Å². The van der Waals surface area contributed by atoms with Crippen LogP contribution in [0.2, 0.25) is 5.02 Å². The maximum Gasteiger partial charge on any atom is 0.417 e. The van der Waals surface area contributed by atoms with Crippen LogP contribution in [0.5, 0.6) is 0 Å². The van der Waals surface area contributed by atoms with E-state index in [2.05, 4.69) is 15.4 Å². The second kappa shape index (κ2) is 10.3. The number of sulfonamides is 1. The Labute approximate surface area is 188 Å². The third-order valence-corrected chi connectivity index (χ3v) is 6.06. The molecule has 0 aliphatic rings. The summed E-state index contributed by atoms with van der Waals surface area (Å²) in [4.78, 5) is 23.9. The van der Waals surface area contributed by atoms with E-state index >= 15 is 0 Å². The molecule has 0 aliphatic heterocycles. The van der Waals surface area contributed by atoms with E-state index in [9.17, 15) is 31.2 Å². The van der Waals surface area contributed by atoms with E-state index in [0.29, 0.717) is 18.1 Å². The van der Waals surface area contributed by atoms with Gasteiger partial charge in [0.05, 0.1) is 15.5 Å². The van der Waals surface area contributed by atoms with Crippen LogP contribution in [-0.2, 0) is 32.2 Å². The van der Waals surface area contributed by atoms with Crippen LogP contribution < -0.4 is 15.4 Å². The predicted octanol–water partition coefficient (Wildman–Crippen LogP) is 3.34. The lowest BCUT2D eigenvalue weighted by atomic mass is 10.1. The summed E-state index contributed by atoms with van der Waals surface area (Å²) in [5, 5.41) is 3.91. The Kier molecular flexibility index (Phi) is 8.27. The lowest BCUT2D eigenvalue weighted by Crippen LogP contribution is -2.36. The highest BCUT2D eigenvalue weighted by atomic mass is 35.5. The van der Waals surface area contributed by atoms with E-state index < -0.39 is 38.6 Å². The third-order valence-electron chi connectivity index (χ3n) is 4.06. The number of rotatable bonds is 7. The summed E-state index contributed by atoms with van der Waals surface area (Å²) in [6.07, 6.45) is -4.41. The van der Waals surface area contributed by atoms with Crippen LogP contribution in [-0.4, -0.2) is 32.8 Å². The molecular formula is C20H21ClF3N3O4S. The lowest BCUT2D eigenvalue weighted by Gasteiger charge is -2.12. The fraction of sp³-hybridized carbons (Fsp3) is 0.300. The zero-order valence-electron chi connectivity index (χ0n) is 17.1. The number of hydrogen-bond donors (Lipinski definition) is 3. The van der Waals surface area contributed by atoms with Crippen molar-refractivity contribution in [3.8, 4) is 0 Å². The molecule has 0 aromatic heterocycles. The number of hydrogen-bond acceptors (Lipinski definition) is 4. The van der Waals surface area contributed by atoms with Crippen molar-refractivity contribution < 1.29 is 31.2 Å². The van der Waals surface area contributed by atoms with E-state index in [1.54, 1.807) is 26.0 Å². The number of nitrogens with one attached hydrogen (secondary N) is 3. The number of alkyl halides is 3. The van der Waals surface area contributed by atoms with E-state index in [1.165, 1.54) is 12.1 Å². The van der Waals surface area contributed by atoms with Crippen molar-refractivity contribution in [1.29, 1.82) is 0 Å². The molecule has 2 rings (SSSR count). The average molecular weight is 492 g/mol. The topological polar surface area (TPSA) is 104 Å². The van der Waals surface area contributed by atoms with Crippen molar-refractivity contribution in [2.45, 2.75) is 37.4 Å². The first kappa shape index (κ1) is 25.6. The SMILES string of the molecule is CC(C)NS(=O)(=O)c1ccc(CCNC(=O)C(=O)Nc2ccc(Cl)c(C(F)(F)F)c2)cc1. The average Bonchev–Trinajstić information content (AvgIpc) is 2.68. The monoisotopic (exact) mass is 491 g/mol. The van der Waals surface area contributed by atoms with E-state index in [4.69, 9.17) is 11.6 Å². The summed E-state index contributed by atoms with van der Waals surface area (Å²) in [6, 6.07) is 8.50. The third kappa shape index (κ3) is 7.21. The number of carbonyl (C=O) groups excluding carboxylic acids is 2. The zero-order valence-corrected chi connectivity index (χ0v) is 18.7. The van der Waals surface area contributed by atoms with Crippen LogP contribution >= 0.6 is 11.6 Å². The molecule has 0 heterocycles. The largest absolute Gasteiger partial charge is 0.417 e. The molecule has 0 saturated carbocycles. The van der Waals surface area contributed by atoms with Crippen LogP contribution in [0.15, 0.2) is 47.4 Å². The van der Waals surface area contributed by atoms with Crippen molar-refractivity contribution in [2.24, 2.45) is 0 Å². The molecule has 0 bridgehead atoms. The first-order valence-corrected chi connectivity index (χ1v) is 11.2. The van der Waals surface area contributed by atoms with Gasteiger partial charge in [-0.15, -0.1) is 0 Å². The second-order valence-corrected chi connectivity index (χ2v) is 9.19. The summed E-state index contributed by atoms with van der Waals surface area (Å²) in [5.41, 5.74) is -0.651. The van der Waals surface area contributed by atoms with Gasteiger partial charge in [0.1, 0.15) is 0 Å². The fourth-order valence-corrected chi connectivity index (χ4v) is 4.10. The Bertz CT molecular complexity index is 1090. The minimum Gasteiger partial charge on any atom is -0.347 e. The second-order valence-electron chi connectivity index (χ2n) is 7.07. The van der Waals surface area contributed by atoms with Gasteiger partial charge in [0.25, 0.3) is 0 Å². The van der Waals surface area contributed by atoms with Crippen LogP contribution in [0, 0.1) is 0 Å². The Morgan fingerprint density at radius 3 is 2.22 bits per heavy atom. The van der Waals surface area contributed by atoms with Crippen molar-refractivity contribution >= 4 is 39.1 Å². The van der Waals surface area contributed by atoms with Crippen LogP contribution in [0.3, 0.4) is 0 Å². The van der Waals surface area contributed by atoms with Gasteiger partial charge >= 0.3 is 18.0 Å². The van der Waals surface area contributed by atoms with Crippen LogP contribution in [0.4, 0.5) is 18.9 Å². The molecule has 3 N–H and O–H groups in total. The first-order chi connectivity index (χ1) is 14.8. The van der Waals surface area contributed by atoms with Crippen molar-refractivity contribution in [3.05, 3.63) is 58.6 Å². The summed E-state index contributed by atoms with van der Waals surface area (Å²) < 4.78 is 65.3. The Hall–Kier alpha value is -2.63. The van der Waals surface area contributed by atoms with Gasteiger partial charge < -0.3 is 10.6 Å². The quantitative estimate of drug-likeness (QED) is 0.517. The Morgan fingerprint density at radius 2 is 1.66 bits per heavy atom. The van der Waals surface area contributed by atoms with Crippen molar-refractivity contribution in [3.63, 3.8) is 0 Å². The molecule has 32 heavy (non-hydrogen) atoms. The minimum absolute atomic E-state index is 0.0526. The summed E-state index contributed by atoms with van der Waals surface area (Å²) >= 11 is 5.51. The highest BCUT2D eigenvalue weighted by Gasteiger charge is 2.33. The standard InChI is InChI=1S/C20H21ClF3N3O4S/c1-12(2)27-32(30,31)15-6-3-13(4-7-15)9-10-25-18(28)19(29)26-14-5-8-17(21)16(11-14)20(22,23)24/h3-8,11-12,27H,9-10H2,1-2H3,(H,25,28)(H,26,29). The Balaban J connectivity index is 1.90. The van der Waals surface area contributed by atoms with Crippen molar-refractivity contribution in [2.75, 3.05) is 11.9 Å². The molecule has 12 heteroatoms. The fourth-order valence-electron chi connectivity index (χ4n) is 2.62. The molecule has 0 fully saturated rings.